The fraction of sp³-hybridized carbons (Fsp3) is 0.316. The molecule has 0 spiro atoms. The van der Waals surface area contributed by atoms with E-state index in [2.05, 4.69) is 22.2 Å². The van der Waals surface area contributed by atoms with Gasteiger partial charge in [0.25, 0.3) is 5.56 Å². The van der Waals surface area contributed by atoms with Crippen LogP contribution in [0.15, 0.2) is 34.2 Å². The zero-order valence-electron chi connectivity index (χ0n) is 14.7. The number of rotatable bonds is 4. The number of benzene rings is 1. The van der Waals surface area contributed by atoms with Crippen LogP contribution in [0.1, 0.15) is 23.8 Å². The lowest BCUT2D eigenvalue weighted by molar-refractivity contribution is -0.113. The first-order valence-corrected chi connectivity index (χ1v) is 10.5. The molecule has 0 bridgehead atoms. The fourth-order valence-electron chi connectivity index (χ4n) is 3.29. The fourth-order valence-corrected chi connectivity index (χ4v) is 5.40. The maximum absolute atomic E-state index is 13.2. The van der Waals surface area contributed by atoms with Crippen LogP contribution < -0.4 is 10.9 Å². The van der Waals surface area contributed by atoms with E-state index in [0.29, 0.717) is 22.1 Å². The number of H-pyrrole nitrogens is 1. The van der Waals surface area contributed by atoms with E-state index in [1.165, 1.54) is 23.1 Å². The number of aromatic amines is 1. The molecule has 2 heterocycles. The third-order valence-electron chi connectivity index (χ3n) is 4.59. The molecule has 1 unspecified atom stereocenters. The molecule has 2 N–H and O–H groups in total. The second-order valence-electron chi connectivity index (χ2n) is 6.75. The van der Waals surface area contributed by atoms with E-state index >= 15 is 0 Å². The van der Waals surface area contributed by atoms with Crippen LogP contribution in [0, 0.1) is 11.7 Å². The third kappa shape index (κ3) is 3.91. The van der Waals surface area contributed by atoms with Crippen LogP contribution in [0.25, 0.3) is 10.2 Å². The van der Waals surface area contributed by atoms with Gasteiger partial charge in [0.05, 0.1) is 11.1 Å². The number of hydrogen-bond donors (Lipinski definition) is 2. The minimum atomic E-state index is -0.409. The Morgan fingerprint density at radius 3 is 3.15 bits per heavy atom. The Labute approximate surface area is 163 Å². The Balaban J connectivity index is 1.49. The van der Waals surface area contributed by atoms with Gasteiger partial charge in [-0.2, -0.15) is 0 Å². The molecule has 8 heteroatoms. The molecule has 3 aromatic rings. The van der Waals surface area contributed by atoms with E-state index in [1.807, 2.05) is 0 Å². The van der Waals surface area contributed by atoms with Crippen molar-refractivity contribution in [2.75, 3.05) is 11.1 Å². The first-order valence-electron chi connectivity index (χ1n) is 8.72. The van der Waals surface area contributed by atoms with Crippen LogP contribution >= 0.6 is 23.1 Å². The SMILES string of the molecule is CC1CCc2c(sc3nc(SCC(=O)Nc4cccc(F)c4)[nH]c(=O)c23)C1. The van der Waals surface area contributed by atoms with E-state index in [9.17, 15) is 14.0 Å². The molecule has 0 saturated heterocycles. The summed E-state index contributed by atoms with van der Waals surface area (Å²) in [5, 5.41) is 3.76. The Morgan fingerprint density at radius 1 is 1.48 bits per heavy atom. The van der Waals surface area contributed by atoms with Gasteiger partial charge in [-0.1, -0.05) is 24.8 Å². The highest BCUT2D eigenvalue weighted by molar-refractivity contribution is 7.99. The minimum Gasteiger partial charge on any atom is -0.325 e. The smallest absolute Gasteiger partial charge is 0.260 e. The van der Waals surface area contributed by atoms with Gasteiger partial charge in [0.1, 0.15) is 10.6 Å². The normalized spacial score (nSPS) is 16.3. The standard InChI is InChI=1S/C19H18FN3O2S2/c1-10-5-6-13-14(7-10)27-18-16(13)17(25)22-19(23-18)26-9-15(24)21-12-4-2-3-11(20)8-12/h2-4,8,10H,5-7,9H2,1H3,(H,21,24)(H,22,23,25). The highest BCUT2D eigenvalue weighted by atomic mass is 32.2. The van der Waals surface area contributed by atoms with Crippen molar-refractivity contribution in [2.24, 2.45) is 5.92 Å². The highest BCUT2D eigenvalue weighted by Crippen LogP contribution is 2.36. The molecule has 1 amide bonds. The average Bonchev–Trinajstić information content (AvgIpc) is 2.97. The molecule has 1 aliphatic rings. The summed E-state index contributed by atoms with van der Waals surface area (Å²) >= 11 is 2.75. The monoisotopic (exact) mass is 403 g/mol. The van der Waals surface area contributed by atoms with Crippen molar-refractivity contribution in [3.63, 3.8) is 0 Å². The number of nitrogens with zero attached hydrogens (tertiary/aromatic N) is 1. The predicted molar refractivity (Wildman–Crippen MR) is 107 cm³/mol. The Hall–Kier alpha value is -2.19. The summed E-state index contributed by atoms with van der Waals surface area (Å²) in [7, 11) is 0. The average molecular weight is 404 g/mol. The first-order chi connectivity index (χ1) is 13.0. The number of anilines is 1. The first kappa shape index (κ1) is 18.2. The number of halogens is 1. The van der Waals surface area contributed by atoms with Crippen molar-refractivity contribution in [1.82, 2.24) is 9.97 Å². The molecule has 0 fully saturated rings. The third-order valence-corrected chi connectivity index (χ3v) is 6.61. The van der Waals surface area contributed by atoms with Crippen molar-refractivity contribution in [3.8, 4) is 0 Å². The zero-order valence-corrected chi connectivity index (χ0v) is 16.3. The van der Waals surface area contributed by atoms with Gasteiger partial charge in [-0.25, -0.2) is 9.37 Å². The second kappa shape index (κ2) is 7.44. The number of nitrogens with one attached hydrogen (secondary N) is 2. The molecule has 1 aliphatic carbocycles. The molecule has 5 nitrogen and oxygen atoms in total. The lowest BCUT2D eigenvalue weighted by atomic mass is 9.89. The summed E-state index contributed by atoms with van der Waals surface area (Å²) in [6.45, 7) is 2.23. The number of carbonyl (C=O) groups is 1. The van der Waals surface area contributed by atoms with Crippen molar-refractivity contribution in [1.29, 1.82) is 0 Å². The Kier molecular flexibility index (Phi) is 5.01. The molecule has 0 aliphatic heterocycles. The second-order valence-corrected chi connectivity index (χ2v) is 8.80. The van der Waals surface area contributed by atoms with Gasteiger partial charge in [0.2, 0.25) is 5.91 Å². The molecule has 1 aromatic carbocycles. The Morgan fingerprint density at radius 2 is 2.33 bits per heavy atom. The number of hydrogen-bond acceptors (Lipinski definition) is 5. The van der Waals surface area contributed by atoms with Crippen LogP contribution in [-0.2, 0) is 17.6 Å². The van der Waals surface area contributed by atoms with Crippen LogP contribution in [0.4, 0.5) is 10.1 Å². The summed E-state index contributed by atoms with van der Waals surface area (Å²) in [5.41, 5.74) is 1.40. The zero-order chi connectivity index (χ0) is 19.0. The summed E-state index contributed by atoms with van der Waals surface area (Å²) < 4.78 is 13.2. The lowest BCUT2D eigenvalue weighted by Gasteiger charge is -2.17. The number of amides is 1. The van der Waals surface area contributed by atoms with Crippen LogP contribution in [0.3, 0.4) is 0 Å². The van der Waals surface area contributed by atoms with Crippen LogP contribution in [-0.4, -0.2) is 21.6 Å². The van der Waals surface area contributed by atoms with Gasteiger partial charge in [0, 0.05) is 10.6 Å². The summed E-state index contributed by atoms with van der Waals surface area (Å²) in [4.78, 5) is 33.9. The van der Waals surface area contributed by atoms with Gasteiger partial charge in [-0.15, -0.1) is 11.3 Å². The lowest BCUT2D eigenvalue weighted by Crippen LogP contribution is -2.16. The van der Waals surface area contributed by atoms with Crippen molar-refractivity contribution in [2.45, 2.75) is 31.3 Å². The van der Waals surface area contributed by atoms with Gasteiger partial charge in [0.15, 0.2) is 5.16 Å². The van der Waals surface area contributed by atoms with Gasteiger partial charge >= 0.3 is 0 Å². The van der Waals surface area contributed by atoms with Gasteiger partial charge in [-0.05, 0) is 48.9 Å². The van der Waals surface area contributed by atoms with E-state index < -0.39 is 5.82 Å². The summed E-state index contributed by atoms with van der Waals surface area (Å²) in [5.74, 6) is 0.0122. The number of thiophene rings is 1. The summed E-state index contributed by atoms with van der Waals surface area (Å²) in [6.07, 6.45) is 3.01. The molecule has 140 valence electrons. The maximum atomic E-state index is 13.2. The molecule has 2 aromatic heterocycles. The summed E-state index contributed by atoms with van der Waals surface area (Å²) in [6, 6.07) is 5.72. The maximum Gasteiger partial charge on any atom is 0.260 e. The highest BCUT2D eigenvalue weighted by Gasteiger charge is 2.23. The van der Waals surface area contributed by atoms with E-state index in [4.69, 9.17) is 0 Å². The predicted octanol–water partition coefficient (Wildman–Crippen LogP) is 3.98. The molecule has 1 atom stereocenters. The largest absolute Gasteiger partial charge is 0.325 e. The van der Waals surface area contributed by atoms with Crippen LogP contribution in [0.5, 0.6) is 0 Å². The van der Waals surface area contributed by atoms with Gasteiger partial charge < -0.3 is 10.3 Å². The number of aromatic nitrogens is 2. The van der Waals surface area contributed by atoms with E-state index in [-0.39, 0.29) is 17.2 Å². The number of carbonyl (C=O) groups excluding carboxylic acids is 1. The van der Waals surface area contributed by atoms with Crippen LogP contribution in [0.2, 0.25) is 0 Å². The molecule has 0 radical (unpaired) electrons. The van der Waals surface area contributed by atoms with E-state index in [1.54, 1.807) is 17.4 Å². The Bertz CT molecular complexity index is 1080. The van der Waals surface area contributed by atoms with E-state index in [0.717, 1.165) is 41.4 Å². The van der Waals surface area contributed by atoms with Crippen molar-refractivity contribution in [3.05, 3.63) is 50.9 Å². The quantitative estimate of drug-likeness (QED) is 0.510. The molecule has 0 saturated carbocycles. The molecule has 4 rings (SSSR count). The molecule has 27 heavy (non-hydrogen) atoms. The topological polar surface area (TPSA) is 74.8 Å². The molecular formula is C19H18FN3O2S2. The number of fused-ring (bicyclic) bond motifs is 3. The van der Waals surface area contributed by atoms with Gasteiger partial charge in [-0.3, -0.25) is 9.59 Å². The minimum absolute atomic E-state index is 0.0765. The van der Waals surface area contributed by atoms with Crippen molar-refractivity contribution < 1.29 is 9.18 Å². The number of thioether (sulfide) groups is 1. The number of aryl methyl sites for hydroxylation is 1. The van der Waals surface area contributed by atoms with Crippen molar-refractivity contribution >= 4 is 44.9 Å². The molecular weight excluding hydrogens is 385 g/mol.